The summed E-state index contributed by atoms with van der Waals surface area (Å²) in [5.41, 5.74) is 6.20. The molecule has 0 aliphatic heterocycles. The van der Waals surface area contributed by atoms with Crippen LogP contribution in [0.2, 0.25) is 5.02 Å². The third-order valence-electron chi connectivity index (χ3n) is 3.54. The highest BCUT2D eigenvalue weighted by molar-refractivity contribution is 7.71. The van der Waals surface area contributed by atoms with Crippen molar-refractivity contribution in [3.63, 3.8) is 0 Å². The molecule has 0 radical (unpaired) electrons. The number of nitrogens with two attached hydrogens (primary N) is 1. The fraction of sp³-hybridized carbons (Fsp3) is 0.312. The number of aromatic nitrogens is 2. The maximum atomic E-state index is 11.9. The van der Waals surface area contributed by atoms with Gasteiger partial charge in [-0.1, -0.05) is 11.6 Å². The van der Waals surface area contributed by atoms with Crippen molar-refractivity contribution in [3.8, 4) is 17.0 Å². The zero-order valence-electron chi connectivity index (χ0n) is 13.7. The molecule has 0 saturated carbocycles. The first kappa shape index (κ1) is 19.2. The molecule has 0 fully saturated rings. The molecular weight excluding hydrogens is 364 g/mol. The zero-order valence-corrected chi connectivity index (χ0v) is 15.2. The molecule has 0 aliphatic rings. The summed E-state index contributed by atoms with van der Waals surface area (Å²) in [4.78, 5) is 25.7. The Hall–Kier alpha value is -2.16. The fourth-order valence-corrected chi connectivity index (χ4v) is 2.85. The second-order valence-electron chi connectivity index (χ2n) is 5.23. The van der Waals surface area contributed by atoms with Crippen molar-refractivity contribution < 1.29 is 9.53 Å². The minimum atomic E-state index is -0.310. The topological polar surface area (TPSA) is 102 Å². The largest absolute Gasteiger partial charge is 0.496 e. The smallest absolute Gasteiger partial charge is 0.252 e. The molecule has 1 heterocycles. The van der Waals surface area contributed by atoms with Crippen LogP contribution in [0.25, 0.3) is 11.3 Å². The van der Waals surface area contributed by atoms with E-state index in [1.807, 2.05) is 0 Å². The number of carbonyl (C=O) groups is 1. The lowest BCUT2D eigenvalue weighted by Gasteiger charge is -2.16. The maximum absolute atomic E-state index is 11.9. The number of H-pyrrole nitrogens is 1. The molecule has 0 atom stereocenters. The molecule has 25 heavy (non-hydrogen) atoms. The summed E-state index contributed by atoms with van der Waals surface area (Å²) in [6.07, 6.45) is 0.613. The van der Waals surface area contributed by atoms with Crippen molar-refractivity contribution >= 4 is 29.7 Å². The minimum Gasteiger partial charge on any atom is -0.496 e. The Balaban J connectivity index is 2.38. The molecule has 9 heteroatoms. The Morgan fingerprint density at radius 3 is 2.88 bits per heavy atom. The normalized spacial score (nSPS) is 10.5. The van der Waals surface area contributed by atoms with Crippen molar-refractivity contribution in [3.05, 3.63) is 44.4 Å². The van der Waals surface area contributed by atoms with Crippen LogP contribution in [0.15, 0.2) is 29.1 Å². The number of aromatic amines is 1. The molecule has 1 amide bonds. The molecule has 2 rings (SSSR count). The molecule has 7 nitrogen and oxygen atoms in total. The average Bonchev–Trinajstić information content (AvgIpc) is 2.59. The van der Waals surface area contributed by atoms with Gasteiger partial charge in [-0.05, 0) is 36.8 Å². The number of methoxy groups -OCH3 is 1. The zero-order chi connectivity index (χ0) is 18.4. The van der Waals surface area contributed by atoms with Gasteiger partial charge < -0.3 is 20.4 Å². The van der Waals surface area contributed by atoms with Gasteiger partial charge in [-0.2, -0.15) is 0 Å². The van der Waals surface area contributed by atoms with E-state index in [0.29, 0.717) is 41.5 Å². The van der Waals surface area contributed by atoms with Gasteiger partial charge >= 0.3 is 0 Å². The monoisotopic (exact) mass is 382 g/mol. The lowest BCUT2D eigenvalue weighted by atomic mass is 10.1. The lowest BCUT2D eigenvalue weighted by Crippen LogP contribution is -2.31. The first-order valence-corrected chi connectivity index (χ1v) is 8.39. The molecule has 2 aromatic rings. The van der Waals surface area contributed by atoms with Crippen LogP contribution in [-0.2, 0) is 11.3 Å². The number of rotatable bonds is 7. The average molecular weight is 383 g/mol. The quantitative estimate of drug-likeness (QED) is 0.499. The van der Waals surface area contributed by atoms with Crippen LogP contribution in [0.3, 0.4) is 0 Å². The second kappa shape index (κ2) is 8.80. The number of hydrogen-bond acceptors (Lipinski definition) is 5. The summed E-state index contributed by atoms with van der Waals surface area (Å²) in [5.74, 6) is 0.358. The summed E-state index contributed by atoms with van der Waals surface area (Å²) < 4.78 is 7.44. The van der Waals surface area contributed by atoms with Crippen molar-refractivity contribution in [1.82, 2.24) is 14.9 Å². The van der Waals surface area contributed by atoms with E-state index < -0.39 is 0 Å². The minimum absolute atomic E-state index is 0.0525. The number of benzene rings is 1. The molecule has 1 aromatic carbocycles. The summed E-state index contributed by atoms with van der Waals surface area (Å²) in [7, 11) is 1.54. The van der Waals surface area contributed by atoms with Gasteiger partial charge in [-0.25, -0.2) is 0 Å². The van der Waals surface area contributed by atoms with Gasteiger partial charge in [0.25, 0.3) is 5.56 Å². The first-order chi connectivity index (χ1) is 12.0. The molecule has 0 saturated heterocycles. The molecule has 4 N–H and O–H groups in total. The van der Waals surface area contributed by atoms with Crippen LogP contribution in [0.5, 0.6) is 5.75 Å². The predicted octanol–water partition coefficient (Wildman–Crippen LogP) is 1.70. The van der Waals surface area contributed by atoms with E-state index in [1.165, 1.54) is 6.07 Å². The van der Waals surface area contributed by atoms with Crippen molar-refractivity contribution in [2.75, 3.05) is 20.2 Å². The second-order valence-corrected chi connectivity index (χ2v) is 6.05. The number of nitrogens with zero attached hydrogens (tertiary/aromatic N) is 1. The SMILES string of the molecule is COc1ccc(Cl)cc1-c1cc(=O)[nH]c(=S)n1CCCNC(=O)CN. The molecule has 0 bridgehead atoms. The van der Waals surface area contributed by atoms with E-state index in [-0.39, 0.29) is 22.8 Å². The highest BCUT2D eigenvalue weighted by Gasteiger charge is 2.12. The number of ether oxygens (including phenoxy) is 1. The molecule has 0 unspecified atom stereocenters. The Kier molecular flexibility index (Phi) is 6.74. The summed E-state index contributed by atoms with van der Waals surface area (Å²) >= 11 is 11.4. The van der Waals surface area contributed by atoms with Crippen LogP contribution in [0.1, 0.15) is 6.42 Å². The molecule has 0 spiro atoms. The van der Waals surface area contributed by atoms with Crippen molar-refractivity contribution in [2.24, 2.45) is 5.73 Å². The fourth-order valence-electron chi connectivity index (χ4n) is 2.38. The van der Waals surface area contributed by atoms with E-state index >= 15 is 0 Å². The van der Waals surface area contributed by atoms with Crippen LogP contribution in [-0.4, -0.2) is 35.7 Å². The first-order valence-electron chi connectivity index (χ1n) is 7.61. The Morgan fingerprint density at radius 1 is 1.44 bits per heavy atom. The highest BCUT2D eigenvalue weighted by atomic mass is 35.5. The van der Waals surface area contributed by atoms with Crippen LogP contribution in [0, 0.1) is 4.77 Å². The number of nitrogens with one attached hydrogen (secondary N) is 2. The summed E-state index contributed by atoms with van der Waals surface area (Å²) in [6.45, 7) is 0.886. The lowest BCUT2D eigenvalue weighted by molar-refractivity contribution is -0.119. The van der Waals surface area contributed by atoms with Crippen LogP contribution in [0.4, 0.5) is 0 Å². The van der Waals surface area contributed by atoms with Crippen molar-refractivity contribution in [1.29, 1.82) is 0 Å². The van der Waals surface area contributed by atoms with E-state index in [9.17, 15) is 9.59 Å². The van der Waals surface area contributed by atoms with Crippen molar-refractivity contribution in [2.45, 2.75) is 13.0 Å². The van der Waals surface area contributed by atoms with Gasteiger partial charge in [-0.3, -0.25) is 14.6 Å². The van der Waals surface area contributed by atoms with Gasteiger partial charge in [0.15, 0.2) is 4.77 Å². The standard InChI is InChI=1S/C16H19ClN4O3S/c1-24-13-4-3-10(17)7-11(13)12-8-14(22)20-16(25)21(12)6-2-5-19-15(23)9-18/h3-4,7-8H,2,5-6,9,18H2,1H3,(H,19,23)(H,20,22,25). The Morgan fingerprint density at radius 2 is 2.20 bits per heavy atom. The number of carbonyl (C=O) groups excluding carboxylic acids is 1. The van der Waals surface area contributed by atoms with E-state index in [0.717, 1.165) is 0 Å². The maximum Gasteiger partial charge on any atom is 0.252 e. The highest BCUT2D eigenvalue weighted by Crippen LogP contribution is 2.32. The van der Waals surface area contributed by atoms with Gasteiger partial charge in [-0.15, -0.1) is 0 Å². The molecule has 1 aromatic heterocycles. The van der Waals surface area contributed by atoms with Crippen LogP contribution >= 0.6 is 23.8 Å². The van der Waals surface area contributed by atoms with E-state index in [4.69, 9.17) is 34.3 Å². The number of hydrogen-bond donors (Lipinski definition) is 3. The van der Waals surface area contributed by atoms with Gasteiger partial charge in [0.1, 0.15) is 5.75 Å². The van der Waals surface area contributed by atoms with Gasteiger partial charge in [0, 0.05) is 29.7 Å². The number of halogens is 1. The molecule has 134 valence electrons. The predicted molar refractivity (Wildman–Crippen MR) is 99.6 cm³/mol. The third kappa shape index (κ3) is 4.91. The summed E-state index contributed by atoms with van der Waals surface area (Å²) in [6, 6.07) is 6.60. The Bertz CT molecular complexity index is 878. The summed E-state index contributed by atoms with van der Waals surface area (Å²) in [5, 5.41) is 3.21. The third-order valence-corrected chi connectivity index (χ3v) is 4.09. The van der Waals surface area contributed by atoms with E-state index in [1.54, 1.807) is 29.9 Å². The number of amides is 1. The van der Waals surface area contributed by atoms with Gasteiger partial charge in [0.2, 0.25) is 5.91 Å². The Labute approximate surface area is 154 Å². The van der Waals surface area contributed by atoms with E-state index in [2.05, 4.69) is 10.3 Å². The van der Waals surface area contributed by atoms with Crippen LogP contribution < -0.4 is 21.3 Å². The molecule has 0 aliphatic carbocycles. The van der Waals surface area contributed by atoms with Gasteiger partial charge in [0.05, 0.1) is 19.3 Å². The molecular formula is C16H19ClN4O3S.